The van der Waals surface area contributed by atoms with E-state index in [1.54, 1.807) is 12.1 Å². The van der Waals surface area contributed by atoms with Crippen LogP contribution in [0.1, 0.15) is 29.7 Å². The number of halogens is 3. The first-order valence-corrected chi connectivity index (χ1v) is 10.6. The molecule has 0 aliphatic heterocycles. The van der Waals surface area contributed by atoms with Gasteiger partial charge in [0.2, 0.25) is 5.88 Å². The second-order valence-corrected chi connectivity index (χ2v) is 8.03. The number of nitrogens with one attached hydrogen (secondary N) is 1. The van der Waals surface area contributed by atoms with Gasteiger partial charge >= 0.3 is 6.18 Å². The van der Waals surface area contributed by atoms with E-state index in [2.05, 4.69) is 15.4 Å². The first-order chi connectivity index (χ1) is 16.1. The second-order valence-electron chi connectivity index (χ2n) is 8.03. The monoisotopic (exact) mass is 468 g/mol. The topological polar surface area (TPSA) is 69.0 Å². The number of carbonyl (C=O) groups is 1. The molecule has 0 aliphatic rings. The number of pyridine rings is 1. The molecule has 2 aromatic heterocycles. The van der Waals surface area contributed by atoms with Gasteiger partial charge in [0, 0.05) is 18.7 Å². The minimum atomic E-state index is -4.67. The number of aryl methyl sites for hydroxylation is 2. The van der Waals surface area contributed by atoms with Crippen LogP contribution >= 0.6 is 0 Å². The lowest BCUT2D eigenvalue weighted by atomic mass is 10.0. The number of rotatable bonds is 6. The van der Waals surface area contributed by atoms with Crippen LogP contribution in [0.25, 0.3) is 22.3 Å². The summed E-state index contributed by atoms with van der Waals surface area (Å²) in [6.07, 6.45) is -4.67. The average molecular weight is 468 g/mol. The summed E-state index contributed by atoms with van der Waals surface area (Å²) in [7, 11) is 1.52. The summed E-state index contributed by atoms with van der Waals surface area (Å²) < 4.78 is 48.7. The van der Waals surface area contributed by atoms with E-state index in [0.717, 1.165) is 17.2 Å². The van der Waals surface area contributed by atoms with Crippen molar-refractivity contribution in [1.29, 1.82) is 0 Å². The molecule has 1 N–H and O–H groups in total. The van der Waals surface area contributed by atoms with Crippen molar-refractivity contribution in [2.24, 2.45) is 7.05 Å². The Morgan fingerprint density at radius 1 is 1.12 bits per heavy atom. The highest BCUT2D eigenvalue weighted by Crippen LogP contribution is 2.40. The Morgan fingerprint density at radius 2 is 1.79 bits per heavy atom. The molecular formula is C25H23F3N4O2. The quantitative estimate of drug-likeness (QED) is 0.421. The Balaban J connectivity index is 1.62. The van der Waals surface area contributed by atoms with E-state index in [4.69, 9.17) is 4.74 Å². The van der Waals surface area contributed by atoms with Crippen LogP contribution in [-0.4, -0.2) is 27.3 Å². The smallest absolute Gasteiger partial charge is 0.417 e. The van der Waals surface area contributed by atoms with Gasteiger partial charge in [-0.1, -0.05) is 60.2 Å². The predicted molar refractivity (Wildman–Crippen MR) is 122 cm³/mol. The maximum absolute atomic E-state index is 14.0. The molecule has 1 unspecified atom stereocenters. The Hall–Kier alpha value is -3.88. The number of ether oxygens (including phenoxy) is 1. The third kappa shape index (κ3) is 4.88. The van der Waals surface area contributed by atoms with Crippen molar-refractivity contribution in [2.45, 2.75) is 26.1 Å². The molecule has 0 radical (unpaired) electrons. The summed E-state index contributed by atoms with van der Waals surface area (Å²) in [6.45, 7) is 3.22. The molecular weight excluding hydrogens is 445 g/mol. The summed E-state index contributed by atoms with van der Waals surface area (Å²) >= 11 is 0. The first-order valence-electron chi connectivity index (χ1n) is 10.6. The zero-order valence-corrected chi connectivity index (χ0v) is 18.8. The summed E-state index contributed by atoms with van der Waals surface area (Å²) in [6, 6.07) is 16.9. The van der Waals surface area contributed by atoms with Gasteiger partial charge in [0.25, 0.3) is 5.91 Å². The molecule has 0 saturated heterocycles. The summed E-state index contributed by atoms with van der Waals surface area (Å²) in [5.41, 5.74) is 1.69. The van der Waals surface area contributed by atoms with E-state index >= 15 is 0 Å². The minimum Gasteiger partial charge on any atom is -0.467 e. The van der Waals surface area contributed by atoms with Crippen LogP contribution in [0.5, 0.6) is 5.88 Å². The molecule has 4 rings (SSSR count). The van der Waals surface area contributed by atoms with Gasteiger partial charge in [0.15, 0.2) is 12.3 Å². The van der Waals surface area contributed by atoms with Crippen molar-refractivity contribution < 1.29 is 22.7 Å². The van der Waals surface area contributed by atoms with Gasteiger partial charge in [-0.15, -0.1) is 0 Å². The minimum absolute atomic E-state index is 0.0125. The molecule has 1 atom stereocenters. The van der Waals surface area contributed by atoms with Gasteiger partial charge < -0.3 is 10.1 Å². The number of amides is 1. The molecule has 34 heavy (non-hydrogen) atoms. The normalized spacial score (nSPS) is 12.5. The van der Waals surface area contributed by atoms with Crippen LogP contribution in [-0.2, 0) is 18.0 Å². The van der Waals surface area contributed by atoms with Crippen molar-refractivity contribution in [1.82, 2.24) is 20.1 Å². The Labute approximate surface area is 194 Å². The van der Waals surface area contributed by atoms with Gasteiger partial charge in [-0.25, -0.2) is 4.68 Å². The number of benzene rings is 2. The van der Waals surface area contributed by atoms with Crippen LogP contribution < -0.4 is 10.1 Å². The lowest BCUT2D eigenvalue weighted by Gasteiger charge is -2.15. The van der Waals surface area contributed by atoms with Crippen LogP contribution in [0, 0.1) is 6.92 Å². The number of carbonyl (C=O) groups excluding carboxylic acids is 1. The van der Waals surface area contributed by atoms with Gasteiger partial charge in [0.05, 0.1) is 17.0 Å². The fraction of sp³-hybridized carbons (Fsp3) is 0.240. The SMILES string of the molecule is Cc1ccc(-c2nn(C)c3nc(OCC(=O)NC(C)c4ccccc4)cc(C(F)(F)F)c23)cc1. The molecule has 0 fully saturated rings. The number of hydrogen-bond acceptors (Lipinski definition) is 4. The highest BCUT2D eigenvalue weighted by molar-refractivity contribution is 5.94. The zero-order valence-electron chi connectivity index (χ0n) is 18.8. The summed E-state index contributed by atoms with van der Waals surface area (Å²) in [5.74, 6) is -0.780. The van der Waals surface area contributed by atoms with E-state index in [-0.39, 0.29) is 28.6 Å². The number of fused-ring (bicyclic) bond motifs is 1. The van der Waals surface area contributed by atoms with Crippen molar-refractivity contribution >= 4 is 16.9 Å². The van der Waals surface area contributed by atoms with Crippen molar-refractivity contribution in [3.8, 4) is 17.1 Å². The molecule has 0 aliphatic carbocycles. The van der Waals surface area contributed by atoms with Crippen LogP contribution in [0.2, 0.25) is 0 Å². The highest BCUT2D eigenvalue weighted by Gasteiger charge is 2.36. The van der Waals surface area contributed by atoms with Crippen LogP contribution in [0.4, 0.5) is 13.2 Å². The Kier molecular flexibility index (Phi) is 6.28. The van der Waals surface area contributed by atoms with Gasteiger partial charge in [-0.2, -0.15) is 23.3 Å². The average Bonchev–Trinajstić information content (AvgIpc) is 3.14. The molecule has 1 amide bonds. The van der Waals surface area contributed by atoms with Crippen molar-refractivity contribution in [3.05, 3.63) is 77.4 Å². The molecule has 6 nitrogen and oxygen atoms in total. The van der Waals surface area contributed by atoms with Gasteiger partial charge in [-0.05, 0) is 19.4 Å². The Morgan fingerprint density at radius 3 is 2.44 bits per heavy atom. The third-order valence-electron chi connectivity index (χ3n) is 5.43. The lowest BCUT2D eigenvalue weighted by Crippen LogP contribution is -2.31. The van der Waals surface area contributed by atoms with Gasteiger partial charge in [-0.3, -0.25) is 4.79 Å². The summed E-state index contributed by atoms with van der Waals surface area (Å²) in [5, 5.41) is 6.93. The Bertz CT molecular complexity index is 1320. The molecule has 0 spiro atoms. The van der Waals surface area contributed by atoms with E-state index < -0.39 is 24.3 Å². The standard InChI is InChI=1S/C25H23F3N4O2/c1-15-9-11-18(12-10-15)23-22-19(25(26,27)28)13-21(30-24(22)32(3)31-23)34-14-20(33)29-16(2)17-7-5-4-6-8-17/h4-13,16H,14H2,1-3H3,(H,29,33). The molecule has 0 bridgehead atoms. The summed E-state index contributed by atoms with van der Waals surface area (Å²) in [4.78, 5) is 16.5. The van der Waals surface area contributed by atoms with E-state index in [1.807, 2.05) is 56.3 Å². The maximum atomic E-state index is 14.0. The van der Waals surface area contributed by atoms with E-state index in [0.29, 0.717) is 5.56 Å². The third-order valence-corrected chi connectivity index (χ3v) is 5.43. The number of hydrogen-bond donors (Lipinski definition) is 1. The van der Waals surface area contributed by atoms with E-state index in [1.165, 1.54) is 11.7 Å². The second kappa shape index (κ2) is 9.17. The molecule has 176 valence electrons. The molecule has 2 aromatic carbocycles. The number of alkyl halides is 3. The van der Waals surface area contributed by atoms with Crippen molar-refractivity contribution in [3.63, 3.8) is 0 Å². The highest BCUT2D eigenvalue weighted by atomic mass is 19.4. The number of nitrogens with zero attached hydrogens (tertiary/aromatic N) is 3. The number of aromatic nitrogens is 3. The molecule has 0 saturated carbocycles. The lowest BCUT2D eigenvalue weighted by molar-refractivity contribution is -0.136. The fourth-order valence-corrected chi connectivity index (χ4v) is 3.68. The van der Waals surface area contributed by atoms with Crippen molar-refractivity contribution in [2.75, 3.05) is 6.61 Å². The fourth-order valence-electron chi connectivity index (χ4n) is 3.68. The van der Waals surface area contributed by atoms with Crippen LogP contribution in [0.3, 0.4) is 0 Å². The largest absolute Gasteiger partial charge is 0.467 e. The molecule has 2 heterocycles. The van der Waals surface area contributed by atoms with Gasteiger partial charge in [0.1, 0.15) is 5.69 Å². The van der Waals surface area contributed by atoms with E-state index in [9.17, 15) is 18.0 Å². The maximum Gasteiger partial charge on any atom is 0.417 e. The zero-order chi connectivity index (χ0) is 24.5. The molecule has 9 heteroatoms. The van der Waals surface area contributed by atoms with Crippen LogP contribution in [0.15, 0.2) is 60.7 Å². The molecule has 4 aromatic rings. The first kappa shape index (κ1) is 23.3. The predicted octanol–water partition coefficient (Wildman–Crippen LogP) is 5.22.